The topological polar surface area (TPSA) is 52.6 Å². The number of phenolic OH excluding ortho intramolecular Hbond substituents is 1. The maximum absolute atomic E-state index is 12.0. The third-order valence-electron chi connectivity index (χ3n) is 5.30. The molecule has 2 N–H and O–H groups in total. The lowest BCUT2D eigenvalue weighted by Crippen LogP contribution is -2.34. The summed E-state index contributed by atoms with van der Waals surface area (Å²) >= 11 is 0. The van der Waals surface area contributed by atoms with Crippen LogP contribution >= 0.6 is 0 Å². The van der Waals surface area contributed by atoms with Gasteiger partial charge in [0.2, 0.25) is 5.91 Å². The number of likely N-dealkylation sites (tertiary alicyclic amines) is 1. The first-order valence-corrected chi connectivity index (χ1v) is 8.99. The first kappa shape index (κ1) is 16.3. The predicted octanol–water partition coefficient (Wildman–Crippen LogP) is 2.71. The largest absolute Gasteiger partial charge is 0.508 e. The highest BCUT2D eigenvalue weighted by molar-refractivity contribution is 5.76. The second kappa shape index (κ2) is 7.82. The lowest BCUT2D eigenvalue weighted by molar-refractivity contribution is -0.121. The number of phenols is 1. The zero-order valence-corrected chi connectivity index (χ0v) is 13.8. The summed E-state index contributed by atoms with van der Waals surface area (Å²) in [6.07, 6.45) is 7.88. The van der Waals surface area contributed by atoms with E-state index in [1.54, 1.807) is 12.1 Å². The summed E-state index contributed by atoms with van der Waals surface area (Å²) in [6.45, 7) is 3.16. The molecule has 2 fully saturated rings. The molecule has 1 aromatic rings. The van der Waals surface area contributed by atoms with Crippen molar-refractivity contribution in [1.29, 1.82) is 0 Å². The van der Waals surface area contributed by atoms with Gasteiger partial charge in [0.25, 0.3) is 0 Å². The van der Waals surface area contributed by atoms with Crippen molar-refractivity contribution in [2.45, 2.75) is 51.0 Å². The van der Waals surface area contributed by atoms with Crippen LogP contribution < -0.4 is 5.32 Å². The number of aromatic hydroxyl groups is 1. The summed E-state index contributed by atoms with van der Waals surface area (Å²) < 4.78 is 0. The fourth-order valence-electron chi connectivity index (χ4n) is 3.95. The summed E-state index contributed by atoms with van der Waals surface area (Å²) in [6, 6.07) is 7.95. The smallest absolute Gasteiger partial charge is 0.220 e. The SMILES string of the molecule is O=C(CCc1cccc(O)c1)NCC1CCN(C2CCCC2)C1. The van der Waals surface area contributed by atoms with Gasteiger partial charge in [0.15, 0.2) is 0 Å². The molecular formula is C19H28N2O2. The summed E-state index contributed by atoms with van der Waals surface area (Å²) in [5, 5.41) is 12.5. The van der Waals surface area contributed by atoms with Gasteiger partial charge in [-0.25, -0.2) is 0 Å². The molecule has 1 saturated carbocycles. The van der Waals surface area contributed by atoms with Crippen LogP contribution in [0.15, 0.2) is 24.3 Å². The van der Waals surface area contributed by atoms with E-state index in [0.717, 1.165) is 24.7 Å². The lowest BCUT2D eigenvalue weighted by Gasteiger charge is -2.23. The van der Waals surface area contributed by atoms with Gasteiger partial charge < -0.3 is 15.3 Å². The minimum atomic E-state index is 0.118. The molecule has 1 heterocycles. The van der Waals surface area contributed by atoms with Gasteiger partial charge in [0, 0.05) is 25.6 Å². The summed E-state index contributed by atoms with van der Waals surface area (Å²) in [4.78, 5) is 14.6. The van der Waals surface area contributed by atoms with Crippen molar-refractivity contribution in [3.05, 3.63) is 29.8 Å². The molecule has 0 spiro atoms. The van der Waals surface area contributed by atoms with E-state index in [1.165, 1.54) is 38.6 Å². The zero-order chi connectivity index (χ0) is 16.1. The summed E-state index contributed by atoms with van der Waals surface area (Å²) in [5.74, 6) is 0.994. The quantitative estimate of drug-likeness (QED) is 0.848. The second-order valence-electron chi connectivity index (χ2n) is 7.06. The highest BCUT2D eigenvalue weighted by atomic mass is 16.3. The third kappa shape index (κ3) is 4.71. The molecule has 0 bridgehead atoms. The van der Waals surface area contributed by atoms with E-state index in [4.69, 9.17) is 0 Å². The monoisotopic (exact) mass is 316 g/mol. The fourth-order valence-corrected chi connectivity index (χ4v) is 3.95. The van der Waals surface area contributed by atoms with Gasteiger partial charge in [-0.3, -0.25) is 4.79 Å². The van der Waals surface area contributed by atoms with Crippen molar-refractivity contribution in [1.82, 2.24) is 10.2 Å². The molecule has 1 atom stereocenters. The molecule has 1 saturated heterocycles. The number of nitrogens with zero attached hydrogens (tertiary/aromatic N) is 1. The van der Waals surface area contributed by atoms with Crippen molar-refractivity contribution in [3.63, 3.8) is 0 Å². The van der Waals surface area contributed by atoms with Crippen LogP contribution in [0, 0.1) is 5.92 Å². The Labute approximate surface area is 138 Å². The van der Waals surface area contributed by atoms with Crippen LogP contribution in [0.1, 0.15) is 44.1 Å². The molecule has 4 heteroatoms. The lowest BCUT2D eigenvalue weighted by atomic mass is 10.1. The number of carbonyl (C=O) groups excluding carboxylic acids is 1. The van der Waals surface area contributed by atoms with Crippen LogP contribution in [0.2, 0.25) is 0 Å². The Morgan fingerprint density at radius 2 is 2.09 bits per heavy atom. The van der Waals surface area contributed by atoms with E-state index >= 15 is 0 Å². The molecule has 1 aliphatic carbocycles. The van der Waals surface area contributed by atoms with Gasteiger partial charge in [-0.15, -0.1) is 0 Å². The Kier molecular flexibility index (Phi) is 5.55. The van der Waals surface area contributed by atoms with Gasteiger partial charge >= 0.3 is 0 Å². The van der Waals surface area contributed by atoms with Crippen LogP contribution in [-0.2, 0) is 11.2 Å². The van der Waals surface area contributed by atoms with E-state index in [2.05, 4.69) is 10.2 Å². The molecule has 1 unspecified atom stereocenters. The van der Waals surface area contributed by atoms with E-state index in [0.29, 0.717) is 18.8 Å². The molecular weight excluding hydrogens is 288 g/mol. The number of amides is 1. The first-order valence-electron chi connectivity index (χ1n) is 8.99. The molecule has 126 valence electrons. The molecule has 0 aromatic heterocycles. The molecule has 23 heavy (non-hydrogen) atoms. The van der Waals surface area contributed by atoms with Crippen LogP contribution in [0.3, 0.4) is 0 Å². The molecule has 1 aromatic carbocycles. The van der Waals surface area contributed by atoms with E-state index < -0.39 is 0 Å². The third-order valence-corrected chi connectivity index (χ3v) is 5.30. The van der Waals surface area contributed by atoms with Crippen molar-refractivity contribution < 1.29 is 9.90 Å². The van der Waals surface area contributed by atoms with Gasteiger partial charge in [-0.05, 0) is 55.8 Å². The predicted molar refractivity (Wildman–Crippen MR) is 91.4 cm³/mol. The number of carbonyl (C=O) groups is 1. The Hall–Kier alpha value is -1.55. The Morgan fingerprint density at radius 1 is 1.26 bits per heavy atom. The number of benzene rings is 1. The van der Waals surface area contributed by atoms with Crippen LogP contribution in [0.5, 0.6) is 5.75 Å². The Morgan fingerprint density at radius 3 is 2.87 bits per heavy atom. The van der Waals surface area contributed by atoms with Gasteiger partial charge in [0.05, 0.1) is 0 Å². The number of hydrogen-bond acceptors (Lipinski definition) is 3. The molecule has 4 nitrogen and oxygen atoms in total. The maximum atomic E-state index is 12.0. The number of hydrogen-bond donors (Lipinski definition) is 2. The number of aryl methyl sites for hydroxylation is 1. The summed E-state index contributed by atoms with van der Waals surface area (Å²) in [7, 11) is 0. The second-order valence-corrected chi connectivity index (χ2v) is 7.06. The zero-order valence-electron chi connectivity index (χ0n) is 13.8. The maximum Gasteiger partial charge on any atom is 0.220 e. The molecule has 3 rings (SSSR count). The van der Waals surface area contributed by atoms with Gasteiger partial charge in [-0.1, -0.05) is 25.0 Å². The van der Waals surface area contributed by atoms with Crippen LogP contribution in [0.4, 0.5) is 0 Å². The van der Waals surface area contributed by atoms with E-state index in [9.17, 15) is 9.90 Å². The number of rotatable bonds is 6. The normalized spacial score (nSPS) is 22.5. The molecule has 2 aliphatic rings. The summed E-state index contributed by atoms with van der Waals surface area (Å²) in [5.41, 5.74) is 1.01. The van der Waals surface area contributed by atoms with Crippen molar-refractivity contribution >= 4 is 5.91 Å². The molecule has 1 aliphatic heterocycles. The van der Waals surface area contributed by atoms with E-state index in [1.807, 2.05) is 12.1 Å². The average Bonchev–Trinajstić information content (AvgIpc) is 3.22. The highest BCUT2D eigenvalue weighted by Crippen LogP contribution is 2.28. The molecule has 1 amide bonds. The van der Waals surface area contributed by atoms with Crippen LogP contribution in [-0.4, -0.2) is 41.6 Å². The van der Waals surface area contributed by atoms with Crippen LogP contribution in [0.25, 0.3) is 0 Å². The Balaban J connectivity index is 1.34. The number of nitrogens with one attached hydrogen (secondary N) is 1. The van der Waals surface area contributed by atoms with Crippen molar-refractivity contribution in [2.75, 3.05) is 19.6 Å². The van der Waals surface area contributed by atoms with E-state index in [-0.39, 0.29) is 11.7 Å². The first-order chi connectivity index (χ1) is 11.2. The standard InChI is InChI=1S/C19H28N2O2/c22-18-7-3-4-15(12-18)8-9-19(23)20-13-16-10-11-21(14-16)17-5-1-2-6-17/h3-4,7,12,16-17,22H,1-2,5-6,8-11,13-14H2,(H,20,23). The van der Waals surface area contributed by atoms with Crippen molar-refractivity contribution in [3.8, 4) is 5.75 Å². The Bertz CT molecular complexity index is 526. The minimum Gasteiger partial charge on any atom is -0.508 e. The molecule has 0 radical (unpaired) electrons. The van der Waals surface area contributed by atoms with Crippen molar-refractivity contribution in [2.24, 2.45) is 5.92 Å². The van der Waals surface area contributed by atoms with Gasteiger partial charge in [0.1, 0.15) is 5.75 Å². The minimum absolute atomic E-state index is 0.118. The highest BCUT2D eigenvalue weighted by Gasteiger charge is 2.29. The fraction of sp³-hybridized carbons (Fsp3) is 0.632. The van der Waals surface area contributed by atoms with Gasteiger partial charge in [-0.2, -0.15) is 0 Å². The average molecular weight is 316 g/mol.